The molecule has 2 atom stereocenters. The third-order valence-electron chi connectivity index (χ3n) is 9.38. The molecule has 2 aromatic carbocycles. The van der Waals surface area contributed by atoms with Crippen LogP contribution in [0.15, 0.2) is 65.7 Å². The lowest BCUT2D eigenvalue weighted by Gasteiger charge is -2.35. The van der Waals surface area contributed by atoms with Crippen LogP contribution < -0.4 is 4.74 Å². The first-order valence-corrected chi connectivity index (χ1v) is 17.5. The molecule has 254 valence electrons. The number of carbonyl (C=O) groups is 3. The molecule has 0 aliphatic carbocycles. The highest BCUT2D eigenvalue weighted by atomic mass is 35.5. The summed E-state index contributed by atoms with van der Waals surface area (Å²) >= 11 is 7.80. The number of methoxy groups -OCH3 is 1. The summed E-state index contributed by atoms with van der Waals surface area (Å²) in [6, 6.07) is 14.7. The number of piperidine rings is 1. The van der Waals surface area contributed by atoms with Crippen molar-refractivity contribution in [2.45, 2.75) is 53.1 Å². The largest absolute Gasteiger partial charge is 0.497 e. The minimum atomic E-state index is -0.218. The highest BCUT2D eigenvalue weighted by Gasteiger charge is 2.37. The van der Waals surface area contributed by atoms with E-state index < -0.39 is 0 Å². The number of carbonyl (C=O) groups excluding carboxylic acids is 3. The van der Waals surface area contributed by atoms with Gasteiger partial charge in [0.15, 0.2) is 11.6 Å². The normalized spacial score (nSPS) is 18.1. The molecule has 49 heavy (non-hydrogen) atoms. The molecule has 4 aromatic rings. The molecule has 4 aliphatic heterocycles. The number of aliphatic imine (C=N–C) groups is 1. The Labute approximate surface area is 295 Å². The van der Waals surface area contributed by atoms with Crippen molar-refractivity contribution in [3.8, 4) is 10.8 Å². The number of ether oxygens (including phenoxy) is 1. The number of hydrogen-bond donors (Lipinski definition) is 0. The first-order chi connectivity index (χ1) is 23.5. The minimum absolute atomic E-state index is 0.0687. The van der Waals surface area contributed by atoms with Gasteiger partial charge in [0.2, 0.25) is 11.8 Å². The number of ketones is 1. The summed E-state index contributed by atoms with van der Waals surface area (Å²) in [5.41, 5.74) is 5.03. The van der Waals surface area contributed by atoms with E-state index >= 15 is 0 Å². The van der Waals surface area contributed by atoms with Crippen LogP contribution in [0.25, 0.3) is 5.00 Å². The fourth-order valence-corrected chi connectivity index (χ4v) is 7.99. The smallest absolute Gasteiger partial charge is 0.246 e. The molecule has 0 spiro atoms. The molecule has 0 N–H and O–H groups in total. The Morgan fingerprint density at radius 1 is 0.939 bits per heavy atom. The van der Waals surface area contributed by atoms with Gasteiger partial charge < -0.3 is 14.5 Å². The van der Waals surface area contributed by atoms with Gasteiger partial charge in [-0.2, -0.15) is 0 Å². The molecule has 12 heteroatoms. The van der Waals surface area contributed by atoms with Crippen molar-refractivity contribution in [2.75, 3.05) is 26.7 Å². The molecule has 4 aliphatic rings. The zero-order valence-electron chi connectivity index (χ0n) is 28.3. The molecule has 3 saturated heterocycles. The molecule has 10 nitrogen and oxygen atoms in total. The molecule has 8 rings (SSSR count). The van der Waals surface area contributed by atoms with E-state index in [4.69, 9.17) is 21.3 Å². The third kappa shape index (κ3) is 7.23. The fraction of sp³-hybridized carbons (Fsp3) is 0.351. The number of aryl methyl sites for hydroxylation is 2. The van der Waals surface area contributed by atoms with E-state index in [1.165, 1.54) is 28.2 Å². The molecule has 2 bridgehead atoms. The number of nitrogens with zero attached hydrogens (tertiary/aromatic N) is 6. The molecule has 6 heterocycles. The van der Waals surface area contributed by atoms with Crippen LogP contribution in [0.1, 0.15) is 63.3 Å². The summed E-state index contributed by atoms with van der Waals surface area (Å²) in [6.45, 7) is 10.3. The van der Waals surface area contributed by atoms with Gasteiger partial charge in [0, 0.05) is 65.3 Å². The maximum atomic E-state index is 12.5. The lowest BCUT2D eigenvalue weighted by molar-refractivity contribution is -0.133. The Morgan fingerprint density at radius 3 is 2.37 bits per heavy atom. The van der Waals surface area contributed by atoms with Crippen molar-refractivity contribution in [1.82, 2.24) is 24.6 Å². The van der Waals surface area contributed by atoms with E-state index in [-0.39, 0.29) is 23.6 Å². The van der Waals surface area contributed by atoms with Gasteiger partial charge >= 0.3 is 0 Å². The maximum absolute atomic E-state index is 12.5. The Balaban J connectivity index is 0.000000171. The predicted octanol–water partition coefficient (Wildman–Crippen LogP) is 6.16. The van der Waals surface area contributed by atoms with Crippen molar-refractivity contribution in [3.05, 3.63) is 104 Å². The number of thiophene rings is 1. The predicted molar refractivity (Wildman–Crippen MR) is 191 cm³/mol. The molecule has 2 unspecified atom stereocenters. The molecule has 2 aromatic heterocycles. The van der Waals surface area contributed by atoms with Crippen molar-refractivity contribution < 1.29 is 19.1 Å². The summed E-state index contributed by atoms with van der Waals surface area (Å²) in [5, 5.41) is 10.4. The van der Waals surface area contributed by atoms with Crippen LogP contribution in [0.3, 0.4) is 0 Å². The van der Waals surface area contributed by atoms with E-state index in [9.17, 15) is 14.4 Å². The van der Waals surface area contributed by atoms with E-state index in [2.05, 4.69) is 28.6 Å². The van der Waals surface area contributed by atoms with Crippen LogP contribution in [0.2, 0.25) is 5.02 Å². The van der Waals surface area contributed by atoms with Crippen LogP contribution >= 0.6 is 22.9 Å². The summed E-state index contributed by atoms with van der Waals surface area (Å²) in [7, 11) is 1.57. The van der Waals surface area contributed by atoms with Gasteiger partial charge in [-0.15, -0.1) is 21.5 Å². The molecular weight excluding hydrogens is 660 g/mol. The van der Waals surface area contributed by atoms with Crippen LogP contribution in [0, 0.1) is 26.7 Å². The van der Waals surface area contributed by atoms with Crippen molar-refractivity contribution in [3.63, 3.8) is 0 Å². The van der Waals surface area contributed by atoms with Crippen LogP contribution in [-0.2, 0) is 16.1 Å². The first kappa shape index (κ1) is 34.3. The Kier molecular flexibility index (Phi) is 10.1. The number of allylic oxidation sites excluding steroid dienone is 1. The summed E-state index contributed by atoms with van der Waals surface area (Å²) in [6.07, 6.45) is 4.63. The number of halogens is 1. The molecule has 3 fully saturated rings. The van der Waals surface area contributed by atoms with Crippen LogP contribution in [-0.4, -0.2) is 80.7 Å². The van der Waals surface area contributed by atoms with Gasteiger partial charge in [-0.05, 0) is 87.6 Å². The number of amides is 2. The van der Waals surface area contributed by atoms with Crippen LogP contribution in [0.5, 0.6) is 5.75 Å². The van der Waals surface area contributed by atoms with E-state index in [0.717, 1.165) is 52.3 Å². The summed E-state index contributed by atoms with van der Waals surface area (Å²) < 4.78 is 7.20. The van der Waals surface area contributed by atoms with Crippen molar-refractivity contribution in [2.24, 2.45) is 10.9 Å². The second kappa shape index (κ2) is 14.5. The van der Waals surface area contributed by atoms with E-state index in [1.54, 1.807) is 54.5 Å². The number of rotatable bonds is 5. The second-order valence-electron chi connectivity index (χ2n) is 12.6. The highest BCUT2D eigenvalue weighted by Crippen LogP contribution is 2.36. The highest BCUT2D eigenvalue weighted by molar-refractivity contribution is 7.15. The van der Waals surface area contributed by atoms with Crippen molar-refractivity contribution in [1.29, 1.82) is 0 Å². The van der Waals surface area contributed by atoms with Gasteiger partial charge in [0.1, 0.15) is 23.1 Å². The summed E-state index contributed by atoms with van der Waals surface area (Å²) in [5.74, 6) is 2.45. The number of aromatic nitrogens is 3. The average molecular weight is 699 g/mol. The maximum Gasteiger partial charge on any atom is 0.246 e. The van der Waals surface area contributed by atoms with Crippen LogP contribution in [0.4, 0.5) is 0 Å². The lowest BCUT2D eigenvalue weighted by Crippen LogP contribution is -2.46. The second-order valence-corrected chi connectivity index (χ2v) is 14.2. The zero-order valence-corrected chi connectivity index (χ0v) is 29.8. The number of fused-ring (bicyclic) bond motifs is 7. The Hall–Kier alpha value is -4.61. The van der Waals surface area contributed by atoms with Crippen molar-refractivity contribution >= 4 is 46.2 Å². The van der Waals surface area contributed by atoms with Gasteiger partial charge in [0.05, 0.1) is 12.8 Å². The first-order valence-electron chi connectivity index (χ1n) is 16.3. The summed E-state index contributed by atoms with van der Waals surface area (Å²) in [4.78, 5) is 46.4. The molecular formula is C37H39ClN6O4S. The van der Waals surface area contributed by atoms with Gasteiger partial charge in [-0.3, -0.25) is 23.9 Å². The standard InChI is InChI=1S/C20H24N2O4.C17H15ClN4S/c1-14(23)22-12-15-3-6-17(22)13-21(11-15)20(25)10-9-19(24)16-4-7-18(26-2)8-5-16;1-9-10(2)23-17-15(9)16(12-4-6-13(18)7-5-12)19-8-14-21-20-11(3)22(14)17/h4-5,7-10,15,17H,3,6,11-13H2,1-2H3;4-7H,8H2,1-3H3/b10-9+;. The third-order valence-corrected chi connectivity index (χ3v) is 10.8. The Morgan fingerprint density at radius 2 is 1.67 bits per heavy atom. The molecule has 2 amide bonds. The fourth-order valence-electron chi connectivity index (χ4n) is 6.64. The minimum Gasteiger partial charge on any atom is -0.497 e. The lowest BCUT2D eigenvalue weighted by atomic mass is 9.95. The van der Waals surface area contributed by atoms with Gasteiger partial charge in [-0.25, -0.2) is 0 Å². The number of benzene rings is 2. The quantitative estimate of drug-likeness (QED) is 0.182. The van der Waals surface area contributed by atoms with E-state index in [0.29, 0.717) is 36.9 Å². The average Bonchev–Trinajstić information content (AvgIpc) is 3.35. The SMILES string of the molecule is COc1ccc(C(=O)/C=C/C(=O)N2CC3CCC(C2)N(C(C)=O)C3)cc1.Cc1sc2c(c1C)C(c1ccc(Cl)cc1)=NCc1nnc(C)n1-2. The number of hydrogen-bond acceptors (Lipinski definition) is 8. The molecule has 0 radical (unpaired) electrons. The molecule has 0 saturated carbocycles. The Bertz CT molecular complexity index is 1950. The monoisotopic (exact) mass is 698 g/mol. The van der Waals surface area contributed by atoms with Gasteiger partial charge in [0.25, 0.3) is 0 Å². The zero-order chi connectivity index (χ0) is 34.8. The van der Waals surface area contributed by atoms with Gasteiger partial charge in [-0.1, -0.05) is 23.7 Å². The topological polar surface area (TPSA) is 110 Å². The van der Waals surface area contributed by atoms with E-state index in [1.807, 2.05) is 36.1 Å².